The minimum atomic E-state index is -5.02. The highest BCUT2D eigenvalue weighted by Crippen LogP contribution is 2.73. The molecule has 20 heavy (non-hydrogen) atoms. The SMILES string of the molecule is CCCOP(=O)(O)C(C)(CCCP(=O)(O)O)P(=O)(O)O. The first-order valence-electron chi connectivity index (χ1n) is 5.84. The van der Waals surface area contributed by atoms with Gasteiger partial charge in [-0.3, -0.25) is 13.7 Å². The van der Waals surface area contributed by atoms with Crippen LogP contribution >= 0.6 is 22.8 Å². The third kappa shape index (κ3) is 5.68. The highest BCUT2D eigenvalue weighted by atomic mass is 31.2. The Kier molecular flexibility index (Phi) is 7.30. The molecule has 0 aliphatic carbocycles. The smallest absolute Gasteiger partial charge is 0.324 e. The summed E-state index contributed by atoms with van der Waals surface area (Å²) in [6.07, 6.45) is -1.10. The van der Waals surface area contributed by atoms with Crippen molar-refractivity contribution in [2.75, 3.05) is 12.8 Å². The lowest BCUT2D eigenvalue weighted by molar-refractivity contribution is 0.236. The van der Waals surface area contributed by atoms with Crippen LogP contribution in [0.2, 0.25) is 0 Å². The molecule has 0 aliphatic heterocycles. The molecule has 122 valence electrons. The summed E-state index contributed by atoms with van der Waals surface area (Å²) in [7, 11) is -14.0. The van der Waals surface area contributed by atoms with Gasteiger partial charge in [0.05, 0.1) is 6.61 Å². The van der Waals surface area contributed by atoms with E-state index in [4.69, 9.17) is 9.79 Å². The summed E-state index contributed by atoms with van der Waals surface area (Å²) < 4.78 is 39.0. The minimum absolute atomic E-state index is 0.151. The fraction of sp³-hybridized carbons (Fsp3) is 1.00. The molecule has 12 heteroatoms. The topological polar surface area (TPSA) is 162 Å². The molecular formula is C8H21O9P3. The highest BCUT2D eigenvalue weighted by molar-refractivity contribution is 7.72. The summed E-state index contributed by atoms with van der Waals surface area (Å²) in [6.45, 7) is 2.40. The maximum atomic E-state index is 12.0. The van der Waals surface area contributed by atoms with Crippen LogP contribution < -0.4 is 0 Å². The largest absolute Gasteiger partial charge is 0.346 e. The predicted octanol–water partition coefficient (Wildman–Crippen LogP) is 1.45. The van der Waals surface area contributed by atoms with Crippen molar-refractivity contribution in [2.45, 2.75) is 38.0 Å². The molecule has 5 N–H and O–H groups in total. The van der Waals surface area contributed by atoms with Crippen molar-refractivity contribution >= 4 is 22.8 Å². The van der Waals surface area contributed by atoms with E-state index in [0.29, 0.717) is 6.42 Å². The van der Waals surface area contributed by atoms with Crippen LogP contribution in [-0.2, 0) is 18.2 Å². The van der Waals surface area contributed by atoms with E-state index in [1.165, 1.54) is 0 Å². The maximum absolute atomic E-state index is 12.0. The summed E-state index contributed by atoms with van der Waals surface area (Å²) in [5.74, 6) is 0. The zero-order valence-corrected chi connectivity index (χ0v) is 13.9. The van der Waals surface area contributed by atoms with Gasteiger partial charge in [0.25, 0.3) is 0 Å². The second-order valence-corrected chi connectivity index (χ2v) is 11.1. The number of hydrogen-bond acceptors (Lipinski definition) is 4. The molecule has 2 unspecified atom stereocenters. The second kappa shape index (κ2) is 7.14. The van der Waals surface area contributed by atoms with E-state index in [1.54, 1.807) is 6.92 Å². The van der Waals surface area contributed by atoms with Gasteiger partial charge in [-0.2, -0.15) is 0 Å². The van der Waals surface area contributed by atoms with Gasteiger partial charge in [0, 0.05) is 6.16 Å². The van der Waals surface area contributed by atoms with E-state index in [2.05, 4.69) is 4.52 Å². The Balaban J connectivity index is 5.18. The summed E-state index contributed by atoms with van der Waals surface area (Å²) >= 11 is 0. The highest BCUT2D eigenvalue weighted by Gasteiger charge is 2.57. The molecule has 0 aromatic carbocycles. The van der Waals surface area contributed by atoms with Gasteiger partial charge in [0.2, 0.25) is 0 Å². The zero-order chi connectivity index (χ0) is 16.2. The molecule has 0 spiro atoms. The molecule has 0 heterocycles. The summed E-state index contributed by atoms with van der Waals surface area (Å²) in [5.41, 5.74) is 0. The Morgan fingerprint density at radius 1 is 1.05 bits per heavy atom. The van der Waals surface area contributed by atoms with Crippen molar-refractivity contribution in [3.05, 3.63) is 0 Å². The molecule has 0 radical (unpaired) electrons. The fourth-order valence-electron chi connectivity index (χ4n) is 1.43. The number of rotatable bonds is 9. The molecular weight excluding hydrogens is 333 g/mol. The van der Waals surface area contributed by atoms with E-state index in [1.807, 2.05) is 0 Å². The zero-order valence-electron chi connectivity index (χ0n) is 11.2. The molecule has 0 amide bonds. The molecule has 0 saturated heterocycles. The van der Waals surface area contributed by atoms with Crippen LogP contribution in [0.4, 0.5) is 0 Å². The van der Waals surface area contributed by atoms with Crippen LogP contribution in [0.5, 0.6) is 0 Å². The Labute approximate surface area is 117 Å². The van der Waals surface area contributed by atoms with E-state index >= 15 is 0 Å². The van der Waals surface area contributed by atoms with Gasteiger partial charge in [-0.25, -0.2) is 0 Å². The Hall–Kier alpha value is 0.450. The molecule has 0 aliphatic rings. The lowest BCUT2D eigenvalue weighted by Crippen LogP contribution is -2.26. The normalized spacial score (nSPS) is 19.4. The summed E-state index contributed by atoms with van der Waals surface area (Å²) in [4.78, 5) is 43.4. The van der Waals surface area contributed by atoms with Crippen LogP contribution in [0, 0.1) is 0 Å². The van der Waals surface area contributed by atoms with Crippen LogP contribution in [0.15, 0.2) is 0 Å². The average molecular weight is 354 g/mol. The van der Waals surface area contributed by atoms with Crippen molar-refractivity contribution in [1.29, 1.82) is 0 Å². The van der Waals surface area contributed by atoms with Crippen molar-refractivity contribution in [3.8, 4) is 0 Å². The first-order chi connectivity index (χ1) is 8.77. The van der Waals surface area contributed by atoms with Gasteiger partial charge in [-0.15, -0.1) is 0 Å². The lowest BCUT2D eigenvalue weighted by Gasteiger charge is -2.33. The van der Waals surface area contributed by atoms with Crippen LogP contribution in [0.1, 0.15) is 33.1 Å². The van der Waals surface area contributed by atoms with E-state index in [-0.39, 0.29) is 13.0 Å². The summed E-state index contributed by atoms with van der Waals surface area (Å²) in [5, 5.41) is 0. The van der Waals surface area contributed by atoms with Crippen LogP contribution in [0.25, 0.3) is 0 Å². The molecule has 0 bridgehead atoms. The average Bonchev–Trinajstić information content (AvgIpc) is 2.22. The van der Waals surface area contributed by atoms with Crippen molar-refractivity contribution in [3.63, 3.8) is 0 Å². The van der Waals surface area contributed by atoms with Crippen molar-refractivity contribution in [2.24, 2.45) is 0 Å². The summed E-state index contributed by atoms with van der Waals surface area (Å²) in [6, 6.07) is 0. The van der Waals surface area contributed by atoms with Gasteiger partial charge in [-0.05, 0) is 26.2 Å². The number of hydrogen-bond donors (Lipinski definition) is 5. The van der Waals surface area contributed by atoms with Crippen molar-refractivity contribution < 1.29 is 42.7 Å². The maximum Gasteiger partial charge on any atom is 0.346 e. The molecule has 0 saturated carbocycles. The third-order valence-corrected chi connectivity index (χ3v) is 8.70. The second-order valence-electron chi connectivity index (χ2n) is 4.61. The first-order valence-corrected chi connectivity index (χ1v) is 10.8. The Morgan fingerprint density at radius 2 is 1.55 bits per heavy atom. The van der Waals surface area contributed by atoms with E-state index < -0.39 is 40.3 Å². The Morgan fingerprint density at radius 3 is 1.90 bits per heavy atom. The van der Waals surface area contributed by atoms with Crippen LogP contribution in [0.3, 0.4) is 0 Å². The van der Waals surface area contributed by atoms with E-state index in [9.17, 15) is 28.4 Å². The molecule has 9 nitrogen and oxygen atoms in total. The molecule has 0 fully saturated rings. The van der Waals surface area contributed by atoms with Gasteiger partial charge in [-0.1, -0.05) is 6.92 Å². The minimum Gasteiger partial charge on any atom is -0.324 e. The van der Waals surface area contributed by atoms with Gasteiger partial charge < -0.3 is 29.0 Å². The standard InChI is InChI=1S/C8H21O9P3/c1-3-6-17-20(15,16)8(2,19(12,13)14)5-4-7-18(9,10)11/h3-7H2,1-2H3,(H,15,16)(H2,9,10,11)(H2,12,13,14). The molecule has 2 atom stereocenters. The Bertz CT molecular complexity index is 452. The third-order valence-electron chi connectivity index (χ3n) is 2.81. The van der Waals surface area contributed by atoms with E-state index in [0.717, 1.165) is 6.92 Å². The van der Waals surface area contributed by atoms with Crippen LogP contribution in [-0.4, -0.2) is 42.1 Å². The first kappa shape index (κ1) is 20.5. The van der Waals surface area contributed by atoms with Crippen molar-refractivity contribution in [1.82, 2.24) is 0 Å². The van der Waals surface area contributed by atoms with Gasteiger partial charge in [0.1, 0.15) is 0 Å². The molecule has 0 aromatic rings. The predicted molar refractivity (Wildman–Crippen MR) is 72.7 cm³/mol. The molecule has 0 rings (SSSR count). The van der Waals surface area contributed by atoms with Gasteiger partial charge >= 0.3 is 22.8 Å². The quantitative estimate of drug-likeness (QED) is 0.386. The monoisotopic (exact) mass is 354 g/mol. The van der Waals surface area contributed by atoms with Gasteiger partial charge in [0.15, 0.2) is 4.90 Å². The lowest BCUT2D eigenvalue weighted by atomic mass is 10.3. The fourth-order valence-corrected chi connectivity index (χ4v) is 5.08. The molecule has 0 aromatic heterocycles.